The minimum atomic E-state index is 0.715. The standard InChI is InChI=1S/C5H10BIN2S/c6-8-1-5(2-8)3-9(4-5)10-7/h1-4,6H2. The topological polar surface area (TPSA) is 6.48 Å². The fourth-order valence-corrected chi connectivity index (χ4v) is 3.53. The highest BCUT2D eigenvalue weighted by Crippen LogP contribution is 2.43. The molecule has 0 radical (unpaired) electrons. The van der Waals surface area contributed by atoms with Crippen molar-refractivity contribution in [3.8, 4) is 0 Å². The van der Waals surface area contributed by atoms with E-state index in [4.69, 9.17) is 0 Å². The first-order chi connectivity index (χ1) is 4.74. The zero-order valence-electron chi connectivity index (χ0n) is 6.01. The number of nitrogens with zero attached hydrogens (tertiary/aromatic N) is 2. The van der Waals surface area contributed by atoms with Crippen LogP contribution in [-0.4, -0.2) is 43.3 Å². The van der Waals surface area contributed by atoms with Crippen LogP contribution in [0, 0.1) is 5.41 Å². The number of hydrogen-bond donors (Lipinski definition) is 0. The molecule has 2 aliphatic heterocycles. The third-order valence-electron chi connectivity index (χ3n) is 2.33. The van der Waals surface area contributed by atoms with Crippen LogP contribution >= 0.6 is 30.3 Å². The van der Waals surface area contributed by atoms with Crippen molar-refractivity contribution in [1.82, 2.24) is 9.12 Å². The summed E-state index contributed by atoms with van der Waals surface area (Å²) < 4.78 is 2.42. The Kier molecular flexibility index (Phi) is 1.95. The molecular formula is C5H10BIN2S. The lowest BCUT2D eigenvalue weighted by Gasteiger charge is -2.59. The average Bonchev–Trinajstić information content (AvgIpc) is 1.74. The molecule has 1 spiro atoms. The largest absolute Gasteiger partial charge is 0.347 e. The fourth-order valence-electron chi connectivity index (χ4n) is 2.05. The smallest absolute Gasteiger partial charge is 0.185 e. The van der Waals surface area contributed by atoms with E-state index in [0.717, 1.165) is 0 Å². The molecule has 2 rings (SSSR count). The van der Waals surface area contributed by atoms with Gasteiger partial charge in [0.2, 0.25) is 0 Å². The van der Waals surface area contributed by atoms with Gasteiger partial charge in [0.25, 0.3) is 0 Å². The van der Waals surface area contributed by atoms with Crippen LogP contribution in [0.2, 0.25) is 0 Å². The maximum atomic E-state index is 2.42. The summed E-state index contributed by atoms with van der Waals surface area (Å²) in [5.41, 5.74) is 0.715. The molecule has 2 fully saturated rings. The lowest BCUT2D eigenvalue weighted by atomic mass is 9.73. The molecule has 2 aliphatic rings. The number of rotatable bonds is 1. The molecule has 5 heteroatoms. The number of hydrogen-bond acceptors (Lipinski definition) is 3. The summed E-state index contributed by atoms with van der Waals surface area (Å²) in [6, 6.07) is 0. The summed E-state index contributed by atoms with van der Waals surface area (Å²) in [7, 11) is 4.05. The first kappa shape index (κ1) is 7.70. The molecule has 0 amide bonds. The molecule has 2 nitrogen and oxygen atoms in total. The van der Waals surface area contributed by atoms with Gasteiger partial charge in [-0.15, -0.1) is 0 Å². The fraction of sp³-hybridized carbons (Fsp3) is 1.00. The van der Waals surface area contributed by atoms with Crippen molar-refractivity contribution in [2.24, 2.45) is 5.41 Å². The summed E-state index contributed by atoms with van der Waals surface area (Å²) in [4.78, 5) is 2.40. The van der Waals surface area contributed by atoms with E-state index in [-0.39, 0.29) is 0 Å². The van der Waals surface area contributed by atoms with Crippen LogP contribution in [0.25, 0.3) is 0 Å². The maximum absolute atomic E-state index is 2.42. The molecule has 0 unspecified atom stereocenters. The van der Waals surface area contributed by atoms with Crippen molar-refractivity contribution >= 4 is 38.3 Å². The second-order valence-corrected chi connectivity index (χ2v) is 5.38. The van der Waals surface area contributed by atoms with E-state index < -0.39 is 0 Å². The minimum Gasteiger partial charge on any atom is -0.347 e. The first-order valence-electron chi connectivity index (χ1n) is 3.46. The van der Waals surface area contributed by atoms with Crippen LogP contribution < -0.4 is 0 Å². The van der Waals surface area contributed by atoms with Crippen LogP contribution in [0.3, 0.4) is 0 Å². The summed E-state index contributed by atoms with van der Waals surface area (Å²) in [6.45, 7) is 5.26. The van der Waals surface area contributed by atoms with E-state index in [9.17, 15) is 0 Å². The van der Waals surface area contributed by atoms with Gasteiger partial charge < -0.3 is 4.81 Å². The van der Waals surface area contributed by atoms with E-state index in [1.807, 2.05) is 9.12 Å². The Bertz CT molecular complexity index is 143. The Labute approximate surface area is 78.8 Å². The van der Waals surface area contributed by atoms with Crippen molar-refractivity contribution < 1.29 is 0 Å². The molecule has 0 aromatic rings. The highest BCUT2D eigenvalue weighted by molar-refractivity contribution is 14.2. The average molecular weight is 268 g/mol. The molecule has 2 saturated heterocycles. The van der Waals surface area contributed by atoms with Gasteiger partial charge in [-0.3, -0.25) is 0 Å². The molecule has 0 bridgehead atoms. The van der Waals surface area contributed by atoms with E-state index >= 15 is 0 Å². The molecule has 0 aliphatic carbocycles. The summed E-state index contributed by atoms with van der Waals surface area (Å²) in [5, 5.41) is 0. The van der Waals surface area contributed by atoms with Crippen molar-refractivity contribution in [2.45, 2.75) is 0 Å². The van der Waals surface area contributed by atoms with Gasteiger partial charge in [-0.25, -0.2) is 4.31 Å². The van der Waals surface area contributed by atoms with Gasteiger partial charge in [-0.05, 0) is 22.2 Å². The Morgan fingerprint density at radius 1 is 1.30 bits per heavy atom. The lowest BCUT2D eigenvalue weighted by Crippen LogP contribution is -2.69. The van der Waals surface area contributed by atoms with Crippen LogP contribution in [0.15, 0.2) is 0 Å². The molecule has 0 aromatic heterocycles. The van der Waals surface area contributed by atoms with Crippen LogP contribution in [0.1, 0.15) is 0 Å². The van der Waals surface area contributed by atoms with Gasteiger partial charge >= 0.3 is 0 Å². The summed E-state index contributed by atoms with van der Waals surface area (Å²) >= 11 is 2.36. The Hall–Kier alpha value is 1.06. The van der Waals surface area contributed by atoms with Gasteiger partial charge in [-0.2, -0.15) is 0 Å². The van der Waals surface area contributed by atoms with E-state index in [2.05, 4.69) is 38.3 Å². The quantitative estimate of drug-likeness (QED) is 0.380. The van der Waals surface area contributed by atoms with E-state index in [1.54, 1.807) is 0 Å². The monoisotopic (exact) mass is 268 g/mol. The lowest BCUT2D eigenvalue weighted by molar-refractivity contribution is -0.0313. The highest BCUT2D eigenvalue weighted by Gasteiger charge is 2.49. The van der Waals surface area contributed by atoms with E-state index in [0.29, 0.717) is 5.41 Å². The van der Waals surface area contributed by atoms with Crippen molar-refractivity contribution in [1.29, 1.82) is 0 Å². The third kappa shape index (κ3) is 1.11. The predicted octanol–water partition coefficient (Wildman–Crippen LogP) is 0.150. The first-order valence-corrected chi connectivity index (χ1v) is 6.78. The number of halogens is 1. The Morgan fingerprint density at radius 2 is 1.90 bits per heavy atom. The molecule has 56 valence electrons. The second kappa shape index (κ2) is 2.53. The molecular weight excluding hydrogens is 258 g/mol. The van der Waals surface area contributed by atoms with Crippen molar-refractivity contribution in [3.63, 3.8) is 0 Å². The Balaban J connectivity index is 1.80. The molecule has 0 aromatic carbocycles. The zero-order chi connectivity index (χ0) is 7.19. The molecule has 0 saturated carbocycles. The SMILES string of the molecule is BN1CC2(C1)CN(SI)C2. The van der Waals surface area contributed by atoms with Crippen LogP contribution in [-0.2, 0) is 0 Å². The van der Waals surface area contributed by atoms with Crippen molar-refractivity contribution in [2.75, 3.05) is 26.2 Å². The van der Waals surface area contributed by atoms with Gasteiger partial charge in [0.05, 0.1) is 0 Å². The van der Waals surface area contributed by atoms with Crippen molar-refractivity contribution in [3.05, 3.63) is 0 Å². The molecule has 0 N–H and O–H groups in total. The minimum absolute atomic E-state index is 0.715. The van der Waals surface area contributed by atoms with Gasteiger partial charge in [0.15, 0.2) is 7.98 Å². The normalized spacial score (nSPS) is 31.7. The molecule has 0 atom stereocenters. The zero-order valence-corrected chi connectivity index (χ0v) is 8.98. The summed E-state index contributed by atoms with van der Waals surface area (Å²) in [5.74, 6) is 0. The van der Waals surface area contributed by atoms with E-state index in [1.165, 1.54) is 26.2 Å². The maximum Gasteiger partial charge on any atom is 0.185 e. The predicted molar refractivity (Wildman–Crippen MR) is 55.7 cm³/mol. The van der Waals surface area contributed by atoms with Crippen LogP contribution in [0.5, 0.6) is 0 Å². The van der Waals surface area contributed by atoms with Gasteiger partial charge in [-0.1, -0.05) is 0 Å². The summed E-state index contributed by atoms with van der Waals surface area (Å²) in [6.07, 6.45) is 0. The molecule has 10 heavy (non-hydrogen) atoms. The third-order valence-corrected chi connectivity index (χ3v) is 4.46. The highest BCUT2D eigenvalue weighted by atomic mass is 127. The van der Waals surface area contributed by atoms with Gasteiger partial charge in [0.1, 0.15) is 0 Å². The Morgan fingerprint density at radius 3 is 2.30 bits per heavy atom. The van der Waals surface area contributed by atoms with Gasteiger partial charge in [0, 0.05) is 39.7 Å². The molecule has 2 heterocycles. The van der Waals surface area contributed by atoms with Crippen LogP contribution in [0.4, 0.5) is 0 Å². The second-order valence-electron chi connectivity index (χ2n) is 3.54.